The van der Waals surface area contributed by atoms with Crippen LogP contribution in [0.15, 0.2) is 54.6 Å². The van der Waals surface area contributed by atoms with Gasteiger partial charge in [-0.25, -0.2) is 0 Å². The van der Waals surface area contributed by atoms with Crippen molar-refractivity contribution in [1.82, 2.24) is 10.2 Å². The van der Waals surface area contributed by atoms with E-state index >= 15 is 0 Å². The van der Waals surface area contributed by atoms with Crippen molar-refractivity contribution >= 4 is 11.8 Å². The zero-order valence-corrected chi connectivity index (χ0v) is 19.5. The molecule has 2 aromatic carbocycles. The fourth-order valence-electron chi connectivity index (χ4n) is 4.22. The van der Waals surface area contributed by atoms with Crippen LogP contribution in [0.25, 0.3) is 0 Å². The molecule has 1 fully saturated rings. The Hall–Kier alpha value is -2.86. The highest BCUT2D eigenvalue weighted by Crippen LogP contribution is 2.22. The summed E-state index contributed by atoms with van der Waals surface area (Å²) < 4.78 is 5.84. The third kappa shape index (κ3) is 8.54. The topological polar surface area (TPSA) is 84.7 Å². The molecule has 1 aliphatic heterocycles. The summed E-state index contributed by atoms with van der Waals surface area (Å²) in [7, 11) is 0. The first kappa shape index (κ1) is 24.8. The van der Waals surface area contributed by atoms with Gasteiger partial charge < -0.3 is 20.7 Å². The first-order valence-corrected chi connectivity index (χ1v) is 12.2. The average Bonchev–Trinajstić information content (AvgIpc) is 2.84. The molecule has 0 spiro atoms. The van der Waals surface area contributed by atoms with Crippen molar-refractivity contribution in [2.24, 2.45) is 5.73 Å². The summed E-state index contributed by atoms with van der Waals surface area (Å²) in [4.78, 5) is 27.3. The van der Waals surface area contributed by atoms with Gasteiger partial charge in [-0.2, -0.15) is 0 Å². The van der Waals surface area contributed by atoms with Gasteiger partial charge in [0.05, 0.1) is 6.42 Å². The van der Waals surface area contributed by atoms with Crippen LogP contribution in [-0.4, -0.2) is 42.4 Å². The molecule has 0 radical (unpaired) electrons. The third-order valence-corrected chi connectivity index (χ3v) is 6.10. The Morgan fingerprint density at radius 1 is 0.970 bits per heavy atom. The van der Waals surface area contributed by atoms with E-state index in [9.17, 15) is 9.59 Å². The molecule has 0 aromatic heterocycles. The number of ether oxygens (including phenoxy) is 1. The second-order valence-corrected chi connectivity index (χ2v) is 8.74. The number of hydrogen-bond acceptors (Lipinski definition) is 4. The zero-order chi connectivity index (χ0) is 23.3. The predicted octanol–water partition coefficient (Wildman–Crippen LogP) is 3.82. The van der Waals surface area contributed by atoms with Crippen molar-refractivity contribution in [2.45, 2.75) is 64.0 Å². The van der Waals surface area contributed by atoms with E-state index in [1.165, 1.54) is 0 Å². The van der Waals surface area contributed by atoms with Crippen LogP contribution in [0.4, 0.5) is 0 Å². The minimum absolute atomic E-state index is 0.0104. The monoisotopic (exact) mass is 451 g/mol. The van der Waals surface area contributed by atoms with Gasteiger partial charge in [0.2, 0.25) is 11.8 Å². The molecule has 2 amide bonds. The van der Waals surface area contributed by atoms with Crippen LogP contribution in [0, 0.1) is 0 Å². The van der Waals surface area contributed by atoms with Crippen molar-refractivity contribution < 1.29 is 14.3 Å². The number of amides is 2. The van der Waals surface area contributed by atoms with Crippen LogP contribution < -0.4 is 15.8 Å². The lowest BCUT2D eigenvalue weighted by molar-refractivity contribution is -0.135. The molecule has 1 heterocycles. The Kier molecular flexibility index (Phi) is 10.2. The van der Waals surface area contributed by atoms with Crippen LogP contribution in [0.5, 0.6) is 5.75 Å². The van der Waals surface area contributed by atoms with Crippen LogP contribution in [0.2, 0.25) is 0 Å². The summed E-state index contributed by atoms with van der Waals surface area (Å²) in [6, 6.07) is 17.8. The molecule has 0 bridgehead atoms. The molecule has 1 aliphatic rings. The average molecular weight is 452 g/mol. The van der Waals surface area contributed by atoms with Gasteiger partial charge in [-0.3, -0.25) is 9.59 Å². The number of rotatable bonds is 12. The lowest BCUT2D eigenvalue weighted by atomic mass is 9.97. The van der Waals surface area contributed by atoms with Crippen LogP contribution in [-0.2, 0) is 22.6 Å². The van der Waals surface area contributed by atoms with E-state index in [0.29, 0.717) is 32.5 Å². The largest absolute Gasteiger partial charge is 0.489 e. The minimum Gasteiger partial charge on any atom is -0.489 e. The number of unbranched alkanes of at least 4 members (excludes halogenated alkanes) is 2. The van der Waals surface area contributed by atoms with Crippen molar-refractivity contribution in [3.8, 4) is 5.75 Å². The molecule has 3 N–H and O–H groups in total. The number of nitrogens with two attached hydrogens (primary N) is 1. The van der Waals surface area contributed by atoms with Crippen LogP contribution >= 0.6 is 0 Å². The number of piperidine rings is 1. The normalized spacial score (nSPS) is 15.8. The lowest BCUT2D eigenvalue weighted by Gasteiger charge is -2.35. The molecule has 33 heavy (non-hydrogen) atoms. The fraction of sp³-hybridized carbons (Fsp3) is 0.481. The van der Waals surface area contributed by atoms with E-state index in [4.69, 9.17) is 10.5 Å². The van der Waals surface area contributed by atoms with Gasteiger partial charge in [0, 0.05) is 25.6 Å². The molecular formula is C27H37N3O3. The number of hydrogen-bond donors (Lipinski definition) is 2. The Balaban J connectivity index is 1.46. The third-order valence-electron chi connectivity index (χ3n) is 6.10. The van der Waals surface area contributed by atoms with E-state index in [2.05, 4.69) is 5.32 Å². The minimum atomic E-state index is -0.0104. The van der Waals surface area contributed by atoms with Gasteiger partial charge in [-0.1, -0.05) is 48.9 Å². The van der Waals surface area contributed by atoms with Crippen LogP contribution in [0.1, 0.15) is 56.1 Å². The van der Waals surface area contributed by atoms with Crippen LogP contribution in [0.3, 0.4) is 0 Å². The maximum Gasteiger partial charge on any atom is 0.227 e. The van der Waals surface area contributed by atoms with Crippen molar-refractivity contribution in [1.29, 1.82) is 0 Å². The van der Waals surface area contributed by atoms with Crippen molar-refractivity contribution in [3.63, 3.8) is 0 Å². The standard InChI is InChI=1S/C27H37N3O3/c28-16-6-2-7-17-29-26(31)20-24-11-5-8-18-30(24)27(32)19-22-12-14-25(15-13-22)33-21-23-9-3-1-4-10-23/h1,3-4,9-10,12-15,24H,2,5-8,11,16-21,28H2,(H,29,31). The van der Waals surface area contributed by atoms with E-state index in [1.807, 2.05) is 59.5 Å². The van der Waals surface area contributed by atoms with Gasteiger partial charge in [-0.15, -0.1) is 0 Å². The Morgan fingerprint density at radius 3 is 2.52 bits per heavy atom. The molecule has 6 heteroatoms. The number of nitrogens with one attached hydrogen (secondary N) is 1. The molecule has 1 atom stereocenters. The molecule has 2 aromatic rings. The Bertz CT molecular complexity index is 855. The maximum atomic E-state index is 13.0. The van der Waals surface area contributed by atoms with Gasteiger partial charge in [-0.05, 0) is 61.9 Å². The summed E-state index contributed by atoms with van der Waals surface area (Å²) in [5.74, 6) is 0.912. The van der Waals surface area contributed by atoms with Gasteiger partial charge >= 0.3 is 0 Å². The van der Waals surface area contributed by atoms with E-state index in [-0.39, 0.29) is 17.9 Å². The quantitative estimate of drug-likeness (QED) is 0.481. The van der Waals surface area contributed by atoms with E-state index in [1.54, 1.807) is 0 Å². The first-order valence-electron chi connectivity index (χ1n) is 12.2. The van der Waals surface area contributed by atoms with Gasteiger partial charge in [0.15, 0.2) is 0 Å². The Morgan fingerprint density at radius 2 is 1.76 bits per heavy atom. The predicted molar refractivity (Wildman–Crippen MR) is 131 cm³/mol. The number of likely N-dealkylation sites (tertiary alicyclic amines) is 1. The van der Waals surface area contributed by atoms with E-state index in [0.717, 1.165) is 61.9 Å². The van der Waals surface area contributed by atoms with Gasteiger partial charge in [0.1, 0.15) is 12.4 Å². The molecule has 0 aliphatic carbocycles. The molecule has 0 saturated carbocycles. The van der Waals surface area contributed by atoms with Crippen molar-refractivity contribution in [3.05, 3.63) is 65.7 Å². The molecule has 1 saturated heterocycles. The fourth-order valence-corrected chi connectivity index (χ4v) is 4.22. The van der Waals surface area contributed by atoms with Crippen molar-refractivity contribution in [2.75, 3.05) is 19.6 Å². The molecule has 1 unspecified atom stereocenters. The maximum absolute atomic E-state index is 13.0. The first-order chi connectivity index (χ1) is 16.2. The molecular weight excluding hydrogens is 414 g/mol. The molecule has 6 nitrogen and oxygen atoms in total. The second-order valence-electron chi connectivity index (χ2n) is 8.74. The highest BCUT2D eigenvalue weighted by Gasteiger charge is 2.28. The summed E-state index contributed by atoms with van der Waals surface area (Å²) in [5, 5.41) is 3.00. The zero-order valence-electron chi connectivity index (χ0n) is 19.5. The molecule has 178 valence electrons. The van der Waals surface area contributed by atoms with E-state index < -0.39 is 0 Å². The summed E-state index contributed by atoms with van der Waals surface area (Å²) in [6.45, 7) is 2.62. The lowest BCUT2D eigenvalue weighted by Crippen LogP contribution is -2.46. The number of carbonyl (C=O) groups excluding carboxylic acids is 2. The smallest absolute Gasteiger partial charge is 0.227 e. The SMILES string of the molecule is NCCCCCNC(=O)CC1CCCCN1C(=O)Cc1ccc(OCc2ccccc2)cc1. The number of nitrogens with zero attached hydrogens (tertiary/aromatic N) is 1. The number of carbonyl (C=O) groups is 2. The highest BCUT2D eigenvalue weighted by atomic mass is 16.5. The number of benzene rings is 2. The second kappa shape index (κ2) is 13.6. The molecule has 3 rings (SSSR count). The Labute approximate surface area is 197 Å². The van der Waals surface area contributed by atoms with Gasteiger partial charge in [0.25, 0.3) is 0 Å². The summed E-state index contributed by atoms with van der Waals surface area (Å²) >= 11 is 0. The summed E-state index contributed by atoms with van der Waals surface area (Å²) in [5.41, 5.74) is 7.58. The highest BCUT2D eigenvalue weighted by molar-refractivity contribution is 5.81. The summed E-state index contributed by atoms with van der Waals surface area (Å²) in [6.07, 6.45) is 6.63.